The summed E-state index contributed by atoms with van der Waals surface area (Å²) in [5.74, 6) is -0.196. The van der Waals surface area contributed by atoms with Crippen molar-refractivity contribution in [2.75, 3.05) is 11.4 Å². The standard InChI is InChI=1S/C20H20BrN3O2/c21-17-5-1-2-6-18(17)24-13-15(10-19(24)25)20(26)23(16-7-8-16)12-14-4-3-9-22-11-14/h1-6,9,11,15-16H,7-8,10,12-13H2. The molecular formula is C20H20BrN3O2. The predicted octanol–water partition coefficient (Wildman–Crippen LogP) is 3.39. The molecule has 0 bridgehead atoms. The van der Waals surface area contributed by atoms with Gasteiger partial charge in [0, 0.05) is 42.4 Å². The van der Waals surface area contributed by atoms with Gasteiger partial charge in [-0.25, -0.2) is 0 Å². The third-order valence-corrected chi connectivity index (χ3v) is 5.63. The van der Waals surface area contributed by atoms with Gasteiger partial charge in [-0.05, 0) is 52.5 Å². The maximum absolute atomic E-state index is 13.2. The molecule has 1 saturated heterocycles. The first-order valence-electron chi connectivity index (χ1n) is 8.88. The molecular weight excluding hydrogens is 394 g/mol. The van der Waals surface area contributed by atoms with E-state index < -0.39 is 0 Å². The molecule has 1 unspecified atom stereocenters. The van der Waals surface area contributed by atoms with Crippen LogP contribution < -0.4 is 4.90 Å². The number of anilines is 1. The fourth-order valence-electron chi connectivity index (χ4n) is 3.47. The molecule has 1 aromatic heterocycles. The van der Waals surface area contributed by atoms with Crippen LogP contribution in [-0.2, 0) is 16.1 Å². The van der Waals surface area contributed by atoms with Crippen molar-refractivity contribution < 1.29 is 9.59 Å². The van der Waals surface area contributed by atoms with Gasteiger partial charge in [-0.15, -0.1) is 0 Å². The number of pyridine rings is 1. The summed E-state index contributed by atoms with van der Waals surface area (Å²) in [5.41, 5.74) is 1.86. The number of rotatable bonds is 5. The van der Waals surface area contributed by atoms with E-state index in [1.54, 1.807) is 17.3 Å². The quantitative estimate of drug-likeness (QED) is 0.754. The third-order valence-electron chi connectivity index (χ3n) is 4.96. The highest BCUT2D eigenvalue weighted by molar-refractivity contribution is 9.10. The average Bonchev–Trinajstić information content (AvgIpc) is 3.42. The number of halogens is 1. The molecule has 4 rings (SSSR count). The molecule has 0 radical (unpaired) electrons. The number of carbonyl (C=O) groups excluding carboxylic acids is 2. The van der Waals surface area contributed by atoms with Crippen molar-refractivity contribution in [3.05, 3.63) is 58.8 Å². The molecule has 2 fully saturated rings. The molecule has 2 aromatic rings. The maximum Gasteiger partial charge on any atom is 0.228 e. The summed E-state index contributed by atoms with van der Waals surface area (Å²) in [6.07, 6.45) is 5.89. The lowest BCUT2D eigenvalue weighted by atomic mass is 10.1. The molecule has 0 N–H and O–H groups in total. The van der Waals surface area contributed by atoms with Crippen molar-refractivity contribution in [3.8, 4) is 0 Å². The van der Waals surface area contributed by atoms with E-state index in [1.807, 2.05) is 41.3 Å². The molecule has 5 nitrogen and oxygen atoms in total. The van der Waals surface area contributed by atoms with Crippen molar-refractivity contribution in [3.63, 3.8) is 0 Å². The van der Waals surface area contributed by atoms with E-state index in [9.17, 15) is 9.59 Å². The van der Waals surface area contributed by atoms with Gasteiger partial charge >= 0.3 is 0 Å². The Labute approximate surface area is 161 Å². The lowest BCUT2D eigenvalue weighted by Crippen LogP contribution is -2.38. The minimum Gasteiger partial charge on any atom is -0.335 e. The Hall–Kier alpha value is -2.21. The SMILES string of the molecule is O=C1CC(C(=O)N(Cc2cccnc2)C2CC2)CN1c1ccccc1Br. The number of hydrogen-bond acceptors (Lipinski definition) is 3. The largest absolute Gasteiger partial charge is 0.335 e. The zero-order valence-corrected chi connectivity index (χ0v) is 15.9. The summed E-state index contributed by atoms with van der Waals surface area (Å²) >= 11 is 3.50. The number of amides is 2. The van der Waals surface area contributed by atoms with Crippen LogP contribution in [0.4, 0.5) is 5.69 Å². The lowest BCUT2D eigenvalue weighted by Gasteiger charge is -2.25. The Morgan fingerprint density at radius 2 is 2.04 bits per heavy atom. The first-order chi connectivity index (χ1) is 12.6. The van der Waals surface area contributed by atoms with Gasteiger partial charge in [-0.3, -0.25) is 14.6 Å². The Balaban J connectivity index is 1.50. The monoisotopic (exact) mass is 413 g/mol. The molecule has 2 heterocycles. The lowest BCUT2D eigenvalue weighted by molar-refractivity contribution is -0.137. The minimum absolute atomic E-state index is 0.00683. The van der Waals surface area contributed by atoms with Crippen molar-refractivity contribution in [1.29, 1.82) is 0 Å². The van der Waals surface area contributed by atoms with Crippen LogP contribution in [0.5, 0.6) is 0 Å². The summed E-state index contributed by atoms with van der Waals surface area (Å²) in [6.45, 7) is 1.01. The molecule has 1 aliphatic carbocycles. The second kappa shape index (κ2) is 7.19. The van der Waals surface area contributed by atoms with Crippen LogP contribution in [0.2, 0.25) is 0 Å². The number of para-hydroxylation sites is 1. The van der Waals surface area contributed by atoms with Crippen LogP contribution in [0.3, 0.4) is 0 Å². The van der Waals surface area contributed by atoms with E-state index in [0.29, 0.717) is 19.1 Å². The molecule has 0 spiro atoms. The van der Waals surface area contributed by atoms with Crippen LogP contribution in [0.15, 0.2) is 53.3 Å². The second-order valence-electron chi connectivity index (χ2n) is 6.92. The number of aromatic nitrogens is 1. The normalized spacial score (nSPS) is 19.7. The van der Waals surface area contributed by atoms with E-state index in [-0.39, 0.29) is 24.2 Å². The van der Waals surface area contributed by atoms with Crippen molar-refractivity contribution in [1.82, 2.24) is 9.88 Å². The van der Waals surface area contributed by atoms with E-state index >= 15 is 0 Å². The summed E-state index contributed by atoms with van der Waals surface area (Å²) in [6, 6.07) is 11.8. The maximum atomic E-state index is 13.2. The summed E-state index contributed by atoms with van der Waals surface area (Å²) < 4.78 is 0.871. The molecule has 1 atom stereocenters. The van der Waals surface area contributed by atoms with Crippen molar-refractivity contribution >= 4 is 33.4 Å². The predicted molar refractivity (Wildman–Crippen MR) is 102 cm³/mol. The Kier molecular flexibility index (Phi) is 4.76. The first kappa shape index (κ1) is 17.2. The van der Waals surface area contributed by atoms with Crippen LogP contribution in [-0.4, -0.2) is 34.3 Å². The van der Waals surface area contributed by atoms with Crippen LogP contribution in [0.1, 0.15) is 24.8 Å². The summed E-state index contributed by atoms with van der Waals surface area (Å²) in [5, 5.41) is 0. The van der Waals surface area contributed by atoms with Gasteiger partial charge in [0.05, 0.1) is 11.6 Å². The van der Waals surface area contributed by atoms with Crippen LogP contribution >= 0.6 is 15.9 Å². The Morgan fingerprint density at radius 3 is 2.73 bits per heavy atom. The van der Waals surface area contributed by atoms with Gasteiger partial charge in [0.2, 0.25) is 11.8 Å². The highest BCUT2D eigenvalue weighted by Crippen LogP contribution is 2.35. The fraction of sp³-hybridized carbons (Fsp3) is 0.350. The topological polar surface area (TPSA) is 53.5 Å². The third kappa shape index (κ3) is 3.51. The Bertz CT molecular complexity index is 823. The summed E-state index contributed by atoms with van der Waals surface area (Å²) in [7, 11) is 0. The first-order valence-corrected chi connectivity index (χ1v) is 9.67. The van der Waals surface area contributed by atoms with E-state index in [0.717, 1.165) is 28.6 Å². The second-order valence-corrected chi connectivity index (χ2v) is 7.77. The highest BCUT2D eigenvalue weighted by atomic mass is 79.9. The summed E-state index contributed by atoms with van der Waals surface area (Å²) in [4.78, 5) is 33.5. The zero-order valence-electron chi connectivity index (χ0n) is 14.3. The number of hydrogen-bond donors (Lipinski definition) is 0. The molecule has 26 heavy (non-hydrogen) atoms. The van der Waals surface area contributed by atoms with Gasteiger partial charge in [0.25, 0.3) is 0 Å². The number of nitrogens with zero attached hydrogens (tertiary/aromatic N) is 3. The van der Waals surface area contributed by atoms with E-state index in [2.05, 4.69) is 20.9 Å². The van der Waals surface area contributed by atoms with E-state index in [4.69, 9.17) is 0 Å². The van der Waals surface area contributed by atoms with Crippen LogP contribution in [0, 0.1) is 5.92 Å². The van der Waals surface area contributed by atoms with Crippen molar-refractivity contribution in [2.24, 2.45) is 5.92 Å². The van der Waals surface area contributed by atoms with Gasteiger partial charge in [0.15, 0.2) is 0 Å². The number of benzene rings is 1. The molecule has 1 saturated carbocycles. The molecule has 1 aliphatic heterocycles. The molecule has 134 valence electrons. The Morgan fingerprint density at radius 1 is 1.23 bits per heavy atom. The van der Waals surface area contributed by atoms with Gasteiger partial charge < -0.3 is 9.80 Å². The highest BCUT2D eigenvalue weighted by Gasteiger charge is 2.41. The zero-order chi connectivity index (χ0) is 18.1. The molecule has 1 aromatic carbocycles. The van der Waals surface area contributed by atoms with Crippen molar-refractivity contribution in [2.45, 2.75) is 31.8 Å². The van der Waals surface area contributed by atoms with Gasteiger partial charge in [0.1, 0.15) is 0 Å². The van der Waals surface area contributed by atoms with Gasteiger partial charge in [-0.2, -0.15) is 0 Å². The molecule has 6 heteroatoms. The van der Waals surface area contributed by atoms with Crippen LogP contribution in [0.25, 0.3) is 0 Å². The molecule has 2 aliphatic rings. The van der Waals surface area contributed by atoms with Gasteiger partial charge in [-0.1, -0.05) is 18.2 Å². The molecule has 2 amide bonds. The fourth-order valence-corrected chi connectivity index (χ4v) is 3.97. The smallest absolute Gasteiger partial charge is 0.228 e. The number of carbonyl (C=O) groups is 2. The average molecular weight is 414 g/mol. The minimum atomic E-state index is -0.285. The van der Waals surface area contributed by atoms with E-state index in [1.165, 1.54) is 0 Å².